The van der Waals surface area contributed by atoms with Gasteiger partial charge in [0.2, 0.25) is 0 Å². The Bertz CT molecular complexity index is 448. The van der Waals surface area contributed by atoms with Gasteiger partial charge in [-0.1, -0.05) is 23.8 Å². The summed E-state index contributed by atoms with van der Waals surface area (Å²) in [6.07, 6.45) is 2.08. The molecule has 3 heteroatoms. The standard InChI is InChI=1S/C15H21NO2/c1-11-3-4-13(12(2)9-11)10-15(14(17)18)5-7-16-8-6-15/h3-4,9,16H,5-8,10H2,1-2H3,(H,17,18). The van der Waals surface area contributed by atoms with Crippen LogP contribution in [-0.2, 0) is 11.2 Å². The second-order valence-corrected chi connectivity index (χ2v) is 5.44. The van der Waals surface area contributed by atoms with E-state index in [2.05, 4.69) is 37.4 Å². The van der Waals surface area contributed by atoms with E-state index >= 15 is 0 Å². The van der Waals surface area contributed by atoms with E-state index in [1.54, 1.807) is 0 Å². The average Bonchev–Trinajstić information content (AvgIpc) is 2.34. The number of hydrogen-bond donors (Lipinski definition) is 2. The molecule has 1 saturated heterocycles. The Hall–Kier alpha value is -1.35. The van der Waals surface area contributed by atoms with E-state index in [1.807, 2.05) is 0 Å². The average molecular weight is 247 g/mol. The molecule has 0 amide bonds. The third kappa shape index (κ3) is 2.56. The molecule has 3 nitrogen and oxygen atoms in total. The summed E-state index contributed by atoms with van der Waals surface area (Å²) in [5, 5.41) is 12.8. The molecule has 1 aliphatic heterocycles. The number of carboxylic acid groups (broad SMARTS) is 1. The Kier molecular flexibility index (Phi) is 3.71. The number of rotatable bonds is 3. The Balaban J connectivity index is 2.26. The fraction of sp³-hybridized carbons (Fsp3) is 0.533. The summed E-state index contributed by atoms with van der Waals surface area (Å²) >= 11 is 0. The molecule has 0 aromatic heterocycles. The van der Waals surface area contributed by atoms with Crippen molar-refractivity contribution >= 4 is 5.97 Å². The maximum absolute atomic E-state index is 11.6. The molecule has 2 N–H and O–H groups in total. The highest BCUT2D eigenvalue weighted by atomic mass is 16.4. The smallest absolute Gasteiger partial charge is 0.310 e. The van der Waals surface area contributed by atoms with E-state index in [4.69, 9.17) is 0 Å². The van der Waals surface area contributed by atoms with Gasteiger partial charge in [-0.2, -0.15) is 0 Å². The van der Waals surface area contributed by atoms with Crippen molar-refractivity contribution in [2.24, 2.45) is 5.41 Å². The van der Waals surface area contributed by atoms with Crippen molar-refractivity contribution in [2.45, 2.75) is 33.1 Å². The summed E-state index contributed by atoms with van der Waals surface area (Å²) in [5.41, 5.74) is 3.02. The Labute approximate surface area is 108 Å². The van der Waals surface area contributed by atoms with E-state index in [1.165, 1.54) is 16.7 Å². The Morgan fingerprint density at radius 1 is 1.33 bits per heavy atom. The molecule has 98 valence electrons. The van der Waals surface area contributed by atoms with Crippen LogP contribution in [0.15, 0.2) is 18.2 Å². The molecular formula is C15H21NO2. The third-order valence-corrected chi connectivity index (χ3v) is 4.04. The Morgan fingerprint density at radius 2 is 2.00 bits per heavy atom. The molecule has 0 unspecified atom stereocenters. The van der Waals surface area contributed by atoms with E-state index in [9.17, 15) is 9.90 Å². The summed E-state index contributed by atoms with van der Waals surface area (Å²) < 4.78 is 0. The van der Waals surface area contributed by atoms with Gasteiger partial charge in [-0.25, -0.2) is 0 Å². The van der Waals surface area contributed by atoms with Crippen LogP contribution >= 0.6 is 0 Å². The van der Waals surface area contributed by atoms with E-state index in [-0.39, 0.29) is 0 Å². The molecule has 1 fully saturated rings. The van der Waals surface area contributed by atoms with Gasteiger partial charge in [0.05, 0.1) is 5.41 Å². The number of carbonyl (C=O) groups is 1. The minimum atomic E-state index is -0.649. The van der Waals surface area contributed by atoms with Crippen LogP contribution in [0.3, 0.4) is 0 Å². The molecule has 2 rings (SSSR count). The summed E-state index contributed by atoms with van der Waals surface area (Å²) in [6, 6.07) is 6.28. The largest absolute Gasteiger partial charge is 0.481 e. The van der Waals surface area contributed by atoms with Crippen LogP contribution in [0.4, 0.5) is 0 Å². The van der Waals surface area contributed by atoms with Crippen LogP contribution < -0.4 is 5.32 Å². The number of carboxylic acids is 1. The van der Waals surface area contributed by atoms with E-state index < -0.39 is 11.4 Å². The normalized spacial score (nSPS) is 18.6. The minimum absolute atomic E-state index is 0.578. The molecule has 0 spiro atoms. The van der Waals surface area contributed by atoms with Gasteiger partial charge in [-0.05, 0) is 57.3 Å². The van der Waals surface area contributed by atoms with Crippen molar-refractivity contribution in [3.63, 3.8) is 0 Å². The number of aliphatic carboxylic acids is 1. The number of aryl methyl sites for hydroxylation is 2. The summed E-state index contributed by atoms with van der Waals surface area (Å²) in [4.78, 5) is 11.6. The molecule has 1 heterocycles. The van der Waals surface area contributed by atoms with Gasteiger partial charge < -0.3 is 10.4 Å². The molecule has 18 heavy (non-hydrogen) atoms. The third-order valence-electron chi connectivity index (χ3n) is 4.04. The number of benzene rings is 1. The SMILES string of the molecule is Cc1ccc(CC2(C(=O)O)CCNCC2)c(C)c1. The highest BCUT2D eigenvalue weighted by Gasteiger charge is 2.39. The fourth-order valence-corrected chi connectivity index (χ4v) is 2.78. The first kappa shape index (κ1) is 13.1. The van der Waals surface area contributed by atoms with Crippen LogP contribution in [0.25, 0.3) is 0 Å². The van der Waals surface area contributed by atoms with Crippen LogP contribution in [0.2, 0.25) is 0 Å². The van der Waals surface area contributed by atoms with Gasteiger partial charge in [0.25, 0.3) is 0 Å². The molecular weight excluding hydrogens is 226 g/mol. The first-order valence-corrected chi connectivity index (χ1v) is 6.54. The maximum atomic E-state index is 11.6. The van der Waals surface area contributed by atoms with Crippen molar-refractivity contribution in [1.29, 1.82) is 0 Å². The molecule has 0 bridgehead atoms. The summed E-state index contributed by atoms with van der Waals surface area (Å²) in [5.74, 6) is -0.649. The monoisotopic (exact) mass is 247 g/mol. The first-order chi connectivity index (χ1) is 8.53. The maximum Gasteiger partial charge on any atom is 0.310 e. The van der Waals surface area contributed by atoms with Crippen molar-refractivity contribution in [2.75, 3.05) is 13.1 Å². The summed E-state index contributed by atoms with van der Waals surface area (Å²) in [6.45, 7) is 5.74. The Morgan fingerprint density at radius 3 is 2.56 bits per heavy atom. The lowest BCUT2D eigenvalue weighted by molar-refractivity contribution is -0.150. The lowest BCUT2D eigenvalue weighted by Gasteiger charge is -2.34. The van der Waals surface area contributed by atoms with Crippen molar-refractivity contribution < 1.29 is 9.90 Å². The van der Waals surface area contributed by atoms with Crippen molar-refractivity contribution in [3.05, 3.63) is 34.9 Å². The zero-order valence-electron chi connectivity index (χ0n) is 11.1. The molecule has 0 aliphatic carbocycles. The van der Waals surface area contributed by atoms with Gasteiger partial charge in [0.1, 0.15) is 0 Å². The second-order valence-electron chi connectivity index (χ2n) is 5.44. The van der Waals surface area contributed by atoms with Gasteiger partial charge in [-0.15, -0.1) is 0 Å². The molecule has 1 aromatic rings. The lowest BCUT2D eigenvalue weighted by Crippen LogP contribution is -2.43. The van der Waals surface area contributed by atoms with Crippen LogP contribution in [0, 0.1) is 19.3 Å². The van der Waals surface area contributed by atoms with Crippen molar-refractivity contribution in [3.8, 4) is 0 Å². The van der Waals surface area contributed by atoms with Crippen LogP contribution in [0.5, 0.6) is 0 Å². The fourth-order valence-electron chi connectivity index (χ4n) is 2.78. The molecule has 0 atom stereocenters. The zero-order chi connectivity index (χ0) is 13.2. The highest BCUT2D eigenvalue weighted by Crippen LogP contribution is 2.34. The number of piperidine rings is 1. The number of nitrogens with one attached hydrogen (secondary N) is 1. The van der Waals surface area contributed by atoms with Gasteiger partial charge in [0, 0.05) is 0 Å². The predicted octanol–water partition coefficient (Wildman–Crippen LogP) is 2.30. The number of hydrogen-bond acceptors (Lipinski definition) is 2. The molecule has 0 saturated carbocycles. The summed E-state index contributed by atoms with van der Waals surface area (Å²) in [7, 11) is 0. The second kappa shape index (κ2) is 5.11. The lowest BCUT2D eigenvalue weighted by atomic mass is 9.73. The van der Waals surface area contributed by atoms with Crippen molar-refractivity contribution in [1.82, 2.24) is 5.32 Å². The van der Waals surface area contributed by atoms with Gasteiger partial charge in [-0.3, -0.25) is 4.79 Å². The molecule has 1 aromatic carbocycles. The molecule has 0 radical (unpaired) electrons. The van der Waals surface area contributed by atoms with Gasteiger partial charge in [0.15, 0.2) is 0 Å². The zero-order valence-corrected chi connectivity index (χ0v) is 11.1. The minimum Gasteiger partial charge on any atom is -0.481 e. The van der Waals surface area contributed by atoms with Crippen LogP contribution in [0.1, 0.15) is 29.5 Å². The van der Waals surface area contributed by atoms with Gasteiger partial charge >= 0.3 is 5.97 Å². The highest BCUT2D eigenvalue weighted by molar-refractivity contribution is 5.75. The van der Waals surface area contributed by atoms with E-state index in [0.717, 1.165) is 25.9 Å². The van der Waals surface area contributed by atoms with E-state index in [0.29, 0.717) is 6.42 Å². The first-order valence-electron chi connectivity index (χ1n) is 6.54. The molecule has 1 aliphatic rings. The topological polar surface area (TPSA) is 49.3 Å². The van der Waals surface area contributed by atoms with Crippen LogP contribution in [-0.4, -0.2) is 24.2 Å². The quantitative estimate of drug-likeness (QED) is 0.861. The predicted molar refractivity (Wildman–Crippen MR) is 71.8 cm³/mol.